The highest BCUT2D eigenvalue weighted by Crippen LogP contribution is 2.37. The number of rotatable bonds is 0. The second-order valence-electron chi connectivity index (χ2n) is 11.3. The van der Waals surface area contributed by atoms with E-state index in [1.165, 1.54) is 24.8 Å². The van der Waals surface area contributed by atoms with E-state index in [-0.39, 0.29) is 36.7 Å². The fourth-order valence-corrected chi connectivity index (χ4v) is 5.40. The van der Waals surface area contributed by atoms with Gasteiger partial charge in [0.1, 0.15) is 72.4 Å². The molecule has 0 spiro atoms. The minimum absolute atomic E-state index is 0.175. The van der Waals surface area contributed by atoms with Crippen molar-refractivity contribution in [3.8, 4) is 69.5 Å². The second-order valence-corrected chi connectivity index (χ2v) is 11.3. The SMILES string of the molecule is c1cc2c3cccc(c3c1)OCCOCCOc1cc3cc(c1)Oc1cncc(n1)Oc1cc(cc(c1)Oc1cncc(n1)O3)OCCOCCO2. The van der Waals surface area contributed by atoms with Gasteiger partial charge in [0.25, 0.3) is 0 Å². The lowest BCUT2D eigenvalue weighted by Crippen LogP contribution is -2.12. The first-order valence-corrected chi connectivity index (χ1v) is 16.5. The minimum Gasteiger partial charge on any atom is -0.491 e. The molecule has 6 aromatic rings. The molecular formula is C38H32N4O10. The first-order chi connectivity index (χ1) is 25.7. The van der Waals surface area contributed by atoms with Crippen molar-refractivity contribution in [3.63, 3.8) is 0 Å². The fourth-order valence-electron chi connectivity index (χ4n) is 5.40. The van der Waals surface area contributed by atoms with Crippen molar-refractivity contribution in [2.45, 2.75) is 0 Å². The Morgan fingerprint density at radius 2 is 0.712 bits per heavy atom. The molecule has 4 aromatic carbocycles. The van der Waals surface area contributed by atoms with Crippen molar-refractivity contribution < 1.29 is 47.4 Å². The van der Waals surface area contributed by atoms with Gasteiger partial charge in [-0.25, -0.2) is 0 Å². The average Bonchev–Trinajstić information content (AvgIpc) is 3.14. The first kappa shape index (κ1) is 32.8. The van der Waals surface area contributed by atoms with Crippen molar-refractivity contribution in [1.82, 2.24) is 19.9 Å². The Labute approximate surface area is 297 Å². The summed E-state index contributed by atoms with van der Waals surface area (Å²) < 4.78 is 60.2. The normalized spacial score (nSPS) is 15.0. The smallest absolute Gasteiger partial charge is 0.241 e. The number of hydrogen-bond acceptors (Lipinski definition) is 14. The van der Waals surface area contributed by atoms with Gasteiger partial charge in [0.05, 0.1) is 51.2 Å². The predicted molar refractivity (Wildman–Crippen MR) is 185 cm³/mol. The molecule has 0 aliphatic carbocycles. The number of fused-ring (bicyclic) bond motifs is 12. The van der Waals surface area contributed by atoms with E-state index in [1.54, 1.807) is 36.4 Å². The molecule has 264 valence electrons. The Morgan fingerprint density at radius 3 is 1.10 bits per heavy atom. The van der Waals surface area contributed by atoms with Gasteiger partial charge in [0.2, 0.25) is 23.5 Å². The summed E-state index contributed by atoms with van der Waals surface area (Å²) in [7, 11) is 0. The lowest BCUT2D eigenvalue weighted by atomic mass is 10.1. The van der Waals surface area contributed by atoms with Gasteiger partial charge in [-0.1, -0.05) is 24.3 Å². The summed E-state index contributed by atoms with van der Waals surface area (Å²) in [6.07, 6.45) is 5.86. The average molecular weight is 705 g/mol. The monoisotopic (exact) mass is 704 g/mol. The van der Waals surface area contributed by atoms with E-state index >= 15 is 0 Å². The molecule has 3 aliphatic heterocycles. The molecule has 14 heteroatoms. The fraction of sp³-hybridized carbons (Fsp3) is 0.211. The quantitative estimate of drug-likeness (QED) is 0.147. The van der Waals surface area contributed by atoms with Crippen LogP contribution in [0, 0.1) is 0 Å². The van der Waals surface area contributed by atoms with Gasteiger partial charge < -0.3 is 47.4 Å². The minimum atomic E-state index is 0.175. The van der Waals surface area contributed by atoms with E-state index in [4.69, 9.17) is 47.4 Å². The lowest BCUT2D eigenvalue weighted by molar-refractivity contribution is 0.0764. The van der Waals surface area contributed by atoms with E-state index in [0.29, 0.717) is 74.1 Å². The van der Waals surface area contributed by atoms with Crippen LogP contribution in [0.3, 0.4) is 0 Å². The zero-order chi connectivity index (χ0) is 35.0. The highest BCUT2D eigenvalue weighted by Gasteiger charge is 2.14. The van der Waals surface area contributed by atoms with Crippen LogP contribution >= 0.6 is 0 Å². The summed E-state index contributed by atoms with van der Waals surface area (Å²) in [5.41, 5.74) is 0. The van der Waals surface area contributed by atoms with Crippen LogP contribution in [0.1, 0.15) is 0 Å². The molecule has 0 saturated carbocycles. The van der Waals surface area contributed by atoms with Crippen LogP contribution in [0.25, 0.3) is 10.8 Å². The molecule has 52 heavy (non-hydrogen) atoms. The molecule has 14 bridgehead atoms. The summed E-state index contributed by atoms with van der Waals surface area (Å²) in [5.74, 6) is 4.57. The molecule has 9 rings (SSSR count). The molecule has 0 atom stereocenters. The van der Waals surface area contributed by atoms with Crippen molar-refractivity contribution in [2.24, 2.45) is 0 Å². The second kappa shape index (κ2) is 15.7. The summed E-state index contributed by atoms with van der Waals surface area (Å²) in [4.78, 5) is 17.5. The molecule has 2 aromatic heterocycles. The Hall–Kier alpha value is -6.38. The van der Waals surface area contributed by atoms with Crippen LogP contribution in [0.4, 0.5) is 0 Å². The number of hydrogen-bond donors (Lipinski definition) is 0. The largest absolute Gasteiger partial charge is 0.491 e. The van der Waals surface area contributed by atoms with Gasteiger partial charge in [0, 0.05) is 47.2 Å². The van der Waals surface area contributed by atoms with Crippen LogP contribution < -0.4 is 37.9 Å². The van der Waals surface area contributed by atoms with Crippen molar-refractivity contribution in [2.75, 3.05) is 52.9 Å². The molecule has 0 fully saturated rings. The van der Waals surface area contributed by atoms with Gasteiger partial charge in [-0.3, -0.25) is 9.97 Å². The maximum absolute atomic E-state index is 6.09. The van der Waals surface area contributed by atoms with E-state index < -0.39 is 0 Å². The number of aromatic nitrogens is 4. The number of benzene rings is 4. The highest BCUT2D eigenvalue weighted by atomic mass is 16.6. The van der Waals surface area contributed by atoms with Crippen molar-refractivity contribution in [1.29, 1.82) is 0 Å². The van der Waals surface area contributed by atoms with Gasteiger partial charge in [-0.2, -0.15) is 9.97 Å². The number of ether oxygens (including phenoxy) is 10. The zero-order valence-corrected chi connectivity index (χ0v) is 27.8. The molecule has 0 saturated heterocycles. The Bertz CT molecular complexity index is 1940. The number of nitrogens with zero attached hydrogens (tertiary/aromatic N) is 4. The third kappa shape index (κ3) is 8.31. The maximum atomic E-state index is 6.09. The van der Waals surface area contributed by atoms with E-state index in [0.717, 1.165) is 22.3 Å². The highest BCUT2D eigenvalue weighted by molar-refractivity contribution is 5.93. The molecule has 0 radical (unpaired) electrons. The Balaban J connectivity index is 1.09. The Morgan fingerprint density at radius 1 is 0.365 bits per heavy atom. The third-order valence-electron chi connectivity index (χ3n) is 7.58. The van der Waals surface area contributed by atoms with Gasteiger partial charge in [0.15, 0.2) is 0 Å². The molecule has 0 unspecified atom stereocenters. The Kier molecular flexibility index (Phi) is 9.88. The van der Waals surface area contributed by atoms with E-state index in [9.17, 15) is 0 Å². The summed E-state index contributed by atoms with van der Waals surface area (Å²) >= 11 is 0. The first-order valence-electron chi connectivity index (χ1n) is 16.5. The van der Waals surface area contributed by atoms with Crippen LogP contribution in [0.5, 0.6) is 69.5 Å². The lowest BCUT2D eigenvalue weighted by Gasteiger charge is -2.15. The molecule has 14 nitrogen and oxygen atoms in total. The van der Waals surface area contributed by atoms with E-state index in [2.05, 4.69) is 19.9 Å². The third-order valence-corrected chi connectivity index (χ3v) is 7.58. The topological polar surface area (TPSA) is 144 Å². The van der Waals surface area contributed by atoms with Gasteiger partial charge in [-0.05, 0) is 12.1 Å². The van der Waals surface area contributed by atoms with E-state index in [1.807, 2.05) is 36.4 Å². The predicted octanol–water partition coefficient (Wildman–Crippen LogP) is 7.16. The molecule has 0 amide bonds. The van der Waals surface area contributed by atoms with Gasteiger partial charge >= 0.3 is 0 Å². The van der Waals surface area contributed by atoms with Crippen LogP contribution in [-0.4, -0.2) is 72.8 Å². The van der Waals surface area contributed by atoms with Crippen LogP contribution in [-0.2, 0) is 9.47 Å². The standard InChI is InChI=1S/C38H32N4O10/c1-3-31-32-4-2-6-34(31)48-14-10-44-8-12-46-26-17-29-20-30(18-26)52-38-24-40-22-36(42-38)50-28-16-25(45-11-7-43-9-13-47-33(32)5-1)15-27(19-28)49-35-21-39-23-37(41-35)51-29/h1-6,15-24H,7-14H2. The molecular weight excluding hydrogens is 672 g/mol. The van der Waals surface area contributed by atoms with Crippen LogP contribution in [0.15, 0.2) is 97.6 Å². The summed E-state index contributed by atoms with van der Waals surface area (Å²) in [6.45, 7) is 2.52. The van der Waals surface area contributed by atoms with Crippen molar-refractivity contribution >= 4 is 10.8 Å². The zero-order valence-electron chi connectivity index (χ0n) is 27.8. The maximum Gasteiger partial charge on any atom is 0.241 e. The van der Waals surface area contributed by atoms with Crippen molar-refractivity contribution in [3.05, 3.63) is 97.6 Å². The van der Waals surface area contributed by atoms with Crippen LogP contribution in [0.2, 0.25) is 0 Å². The summed E-state index contributed by atoms with van der Waals surface area (Å²) in [5, 5.41) is 1.88. The molecule has 5 heterocycles. The summed E-state index contributed by atoms with van der Waals surface area (Å²) in [6, 6.07) is 21.9. The molecule has 0 N–H and O–H groups in total. The van der Waals surface area contributed by atoms with Gasteiger partial charge in [-0.15, -0.1) is 0 Å². The molecule has 3 aliphatic rings.